The van der Waals surface area contributed by atoms with Crippen LogP contribution < -0.4 is 14.2 Å². The number of alkyl halides is 3. The minimum absolute atomic E-state index is 0.0378. The third-order valence-electron chi connectivity index (χ3n) is 5.53. The van der Waals surface area contributed by atoms with E-state index in [1.54, 1.807) is 0 Å². The van der Waals surface area contributed by atoms with E-state index >= 15 is 0 Å². The molecular formula is C22H22F3N3O7. The van der Waals surface area contributed by atoms with Crippen LogP contribution in [0.2, 0.25) is 0 Å². The first-order valence-electron chi connectivity index (χ1n) is 10.3. The maximum atomic E-state index is 13.3. The largest absolute Gasteiger partial charge is 0.493 e. The van der Waals surface area contributed by atoms with E-state index in [4.69, 9.17) is 14.2 Å². The first-order valence-corrected chi connectivity index (χ1v) is 10.3. The molecule has 0 spiro atoms. The Labute approximate surface area is 197 Å². The number of ether oxygens (including phenoxy) is 3. The van der Waals surface area contributed by atoms with E-state index in [1.807, 2.05) is 0 Å². The summed E-state index contributed by atoms with van der Waals surface area (Å²) in [4.78, 5) is 39.5. The maximum absolute atomic E-state index is 13.3. The minimum atomic E-state index is -4.70. The number of carbonyl (C=O) groups excluding carboxylic acids is 2. The number of halogens is 3. The fraction of sp³-hybridized carbons (Fsp3) is 0.364. The highest BCUT2D eigenvalue weighted by Crippen LogP contribution is 2.46. The number of amides is 2. The smallest absolute Gasteiger partial charge is 0.417 e. The van der Waals surface area contributed by atoms with Crippen LogP contribution in [-0.2, 0) is 6.18 Å². The van der Waals surface area contributed by atoms with Crippen LogP contribution in [0.5, 0.6) is 17.2 Å². The maximum Gasteiger partial charge on any atom is 0.417 e. The van der Waals surface area contributed by atoms with Crippen LogP contribution in [0.15, 0.2) is 30.3 Å². The second kappa shape index (κ2) is 10.1. The van der Waals surface area contributed by atoms with E-state index in [1.165, 1.54) is 49.3 Å². The lowest BCUT2D eigenvalue weighted by atomic mass is 10.0. The summed E-state index contributed by atoms with van der Waals surface area (Å²) in [6.07, 6.45) is -4.70. The van der Waals surface area contributed by atoms with E-state index < -0.39 is 39.7 Å². The number of methoxy groups -OCH3 is 3. The number of benzene rings is 2. The highest BCUT2D eigenvalue weighted by Gasteiger charge is 2.38. The van der Waals surface area contributed by atoms with Gasteiger partial charge < -0.3 is 24.0 Å². The van der Waals surface area contributed by atoms with Crippen LogP contribution in [0, 0.1) is 10.1 Å². The Morgan fingerprint density at radius 2 is 1.40 bits per heavy atom. The van der Waals surface area contributed by atoms with Crippen molar-refractivity contribution in [1.82, 2.24) is 9.80 Å². The first-order chi connectivity index (χ1) is 16.5. The number of piperazine rings is 1. The number of hydrogen-bond acceptors (Lipinski definition) is 7. The van der Waals surface area contributed by atoms with Crippen molar-refractivity contribution < 1.29 is 41.9 Å². The van der Waals surface area contributed by atoms with Gasteiger partial charge >= 0.3 is 11.9 Å². The summed E-state index contributed by atoms with van der Waals surface area (Å²) in [6, 6.07) is 5.63. The Morgan fingerprint density at radius 1 is 0.886 bits per heavy atom. The Balaban J connectivity index is 1.86. The molecule has 10 nitrogen and oxygen atoms in total. The minimum Gasteiger partial charge on any atom is -0.493 e. The molecule has 0 N–H and O–H groups in total. The molecule has 1 fully saturated rings. The molecular weight excluding hydrogens is 475 g/mol. The molecule has 0 bridgehead atoms. The normalized spacial score (nSPS) is 13.9. The van der Waals surface area contributed by atoms with Gasteiger partial charge in [-0.1, -0.05) is 12.1 Å². The fourth-order valence-corrected chi connectivity index (χ4v) is 3.86. The van der Waals surface area contributed by atoms with Crippen LogP contribution in [0.4, 0.5) is 18.9 Å². The van der Waals surface area contributed by atoms with Crippen molar-refractivity contribution in [2.45, 2.75) is 6.18 Å². The number of nitrogens with zero attached hydrogens (tertiary/aromatic N) is 3. The predicted octanol–water partition coefficient (Wildman–Crippen LogP) is 3.24. The van der Waals surface area contributed by atoms with Crippen LogP contribution in [0.25, 0.3) is 0 Å². The summed E-state index contributed by atoms with van der Waals surface area (Å²) in [7, 11) is 3.74. The molecule has 35 heavy (non-hydrogen) atoms. The lowest BCUT2D eigenvalue weighted by Crippen LogP contribution is -2.51. The van der Waals surface area contributed by atoms with E-state index in [-0.39, 0.29) is 49.0 Å². The molecule has 0 radical (unpaired) electrons. The highest BCUT2D eigenvalue weighted by molar-refractivity contribution is 6.01. The standard InChI is InChI=1S/C22H22F3N3O7/c1-33-16-12-14(17(28(31)32)19(35-3)18(16)34-2)21(30)27-10-8-26(9-11-27)20(29)13-6-4-5-7-15(13)22(23,24)25/h4-7,12H,8-11H2,1-3H3. The molecule has 0 aromatic heterocycles. The van der Waals surface area contributed by atoms with Gasteiger partial charge in [0.05, 0.1) is 37.4 Å². The van der Waals surface area contributed by atoms with Gasteiger partial charge in [-0.25, -0.2) is 0 Å². The van der Waals surface area contributed by atoms with Crippen molar-refractivity contribution in [2.24, 2.45) is 0 Å². The Kier molecular flexibility index (Phi) is 7.37. The molecule has 188 valence electrons. The zero-order valence-electron chi connectivity index (χ0n) is 19.0. The summed E-state index contributed by atoms with van der Waals surface area (Å²) >= 11 is 0. The van der Waals surface area contributed by atoms with Gasteiger partial charge in [0.25, 0.3) is 11.8 Å². The van der Waals surface area contributed by atoms with Gasteiger partial charge in [0.2, 0.25) is 11.5 Å². The number of rotatable bonds is 6. The zero-order valence-corrected chi connectivity index (χ0v) is 19.0. The van der Waals surface area contributed by atoms with Crippen molar-refractivity contribution >= 4 is 17.5 Å². The summed E-state index contributed by atoms with van der Waals surface area (Å²) in [5.74, 6) is -1.85. The number of hydrogen-bond donors (Lipinski definition) is 0. The lowest BCUT2D eigenvalue weighted by Gasteiger charge is -2.35. The summed E-state index contributed by atoms with van der Waals surface area (Å²) in [5, 5.41) is 11.8. The lowest BCUT2D eigenvalue weighted by molar-refractivity contribution is -0.386. The third-order valence-corrected chi connectivity index (χ3v) is 5.53. The molecule has 2 aromatic rings. The SMILES string of the molecule is COc1cc(C(=O)N2CCN(C(=O)c3ccccc3C(F)(F)F)CC2)c([N+](=O)[O-])c(OC)c1OC. The van der Waals surface area contributed by atoms with E-state index in [9.17, 15) is 32.9 Å². The average molecular weight is 497 g/mol. The van der Waals surface area contributed by atoms with Gasteiger partial charge in [0.15, 0.2) is 5.75 Å². The third kappa shape index (κ3) is 4.93. The van der Waals surface area contributed by atoms with Crippen molar-refractivity contribution in [3.63, 3.8) is 0 Å². The topological polar surface area (TPSA) is 111 Å². The second-order valence-electron chi connectivity index (χ2n) is 7.43. The van der Waals surface area contributed by atoms with Crippen LogP contribution in [0.3, 0.4) is 0 Å². The molecule has 1 heterocycles. The van der Waals surface area contributed by atoms with Crippen LogP contribution in [-0.4, -0.2) is 74.0 Å². The molecule has 0 atom stereocenters. The van der Waals surface area contributed by atoms with E-state index in [0.717, 1.165) is 12.1 Å². The van der Waals surface area contributed by atoms with E-state index in [2.05, 4.69) is 0 Å². The van der Waals surface area contributed by atoms with Gasteiger partial charge in [-0.05, 0) is 12.1 Å². The Morgan fingerprint density at radius 3 is 1.86 bits per heavy atom. The summed E-state index contributed by atoms with van der Waals surface area (Å²) in [5.41, 5.74) is -2.46. The molecule has 0 saturated carbocycles. The van der Waals surface area contributed by atoms with Crippen molar-refractivity contribution in [1.29, 1.82) is 0 Å². The molecule has 0 unspecified atom stereocenters. The quantitative estimate of drug-likeness (QED) is 0.445. The fourth-order valence-electron chi connectivity index (χ4n) is 3.86. The molecule has 0 aliphatic carbocycles. The van der Waals surface area contributed by atoms with Crippen LogP contribution in [0.1, 0.15) is 26.3 Å². The Hall–Kier alpha value is -4.03. The van der Waals surface area contributed by atoms with Gasteiger partial charge in [0, 0.05) is 32.2 Å². The molecule has 2 aromatic carbocycles. The molecule has 1 saturated heterocycles. The van der Waals surface area contributed by atoms with Crippen LogP contribution >= 0.6 is 0 Å². The van der Waals surface area contributed by atoms with Gasteiger partial charge in [-0.3, -0.25) is 19.7 Å². The summed E-state index contributed by atoms with van der Waals surface area (Å²) in [6.45, 7) is -0.219. The molecule has 3 rings (SSSR count). The molecule has 1 aliphatic rings. The van der Waals surface area contributed by atoms with Gasteiger partial charge in [0.1, 0.15) is 5.56 Å². The Bertz CT molecular complexity index is 1150. The predicted molar refractivity (Wildman–Crippen MR) is 116 cm³/mol. The zero-order chi connectivity index (χ0) is 25.9. The average Bonchev–Trinajstić information content (AvgIpc) is 2.85. The monoisotopic (exact) mass is 497 g/mol. The van der Waals surface area contributed by atoms with Crippen molar-refractivity contribution in [2.75, 3.05) is 47.5 Å². The van der Waals surface area contributed by atoms with Crippen molar-refractivity contribution in [3.8, 4) is 17.2 Å². The first kappa shape index (κ1) is 25.6. The van der Waals surface area contributed by atoms with Gasteiger partial charge in [-0.2, -0.15) is 13.2 Å². The highest BCUT2D eigenvalue weighted by atomic mass is 19.4. The molecule has 2 amide bonds. The molecule has 1 aliphatic heterocycles. The number of nitro groups is 1. The molecule has 13 heteroatoms. The van der Waals surface area contributed by atoms with Gasteiger partial charge in [-0.15, -0.1) is 0 Å². The number of carbonyl (C=O) groups is 2. The summed E-state index contributed by atoms with van der Waals surface area (Å²) < 4.78 is 55.4. The second-order valence-corrected chi connectivity index (χ2v) is 7.43. The van der Waals surface area contributed by atoms with E-state index in [0.29, 0.717) is 0 Å². The van der Waals surface area contributed by atoms with Crippen molar-refractivity contribution in [3.05, 3.63) is 57.1 Å². The number of nitro benzene ring substituents is 1.